The molecular formula is C18H20N2O3. The molecule has 0 spiro atoms. The normalized spacial score (nSPS) is 10.7. The summed E-state index contributed by atoms with van der Waals surface area (Å²) in [6, 6.07) is 7.69. The molecule has 0 N–H and O–H groups in total. The number of rotatable bonds is 6. The molecule has 0 aliphatic carbocycles. The van der Waals surface area contributed by atoms with Crippen LogP contribution in [0.2, 0.25) is 0 Å². The first-order chi connectivity index (χ1) is 11.1. The highest BCUT2D eigenvalue weighted by Gasteiger charge is 2.13. The van der Waals surface area contributed by atoms with Gasteiger partial charge in [0, 0.05) is 23.4 Å². The van der Waals surface area contributed by atoms with Gasteiger partial charge in [0.25, 0.3) is 0 Å². The van der Waals surface area contributed by atoms with Gasteiger partial charge in [0.05, 0.1) is 13.2 Å². The molecule has 0 radical (unpaired) electrons. The highest BCUT2D eigenvalue weighted by molar-refractivity contribution is 5.86. The third-order valence-electron chi connectivity index (χ3n) is 3.40. The summed E-state index contributed by atoms with van der Waals surface area (Å²) in [6.07, 6.45) is 1.64. The maximum atomic E-state index is 9.22. The van der Waals surface area contributed by atoms with E-state index in [9.17, 15) is 5.26 Å². The van der Waals surface area contributed by atoms with Crippen molar-refractivity contribution in [3.8, 4) is 17.6 Å². The number of hydrogen-bond donors (Lipinski definition) is 0. The van der Waals surface area contributed by atoms with E-state index in [0.717, 1.165) is 16.9 Å². The molecule has 0 unspecified atom stereocenters. The largest absolute Gasteiger partial charge is 0.494 e. The molecule has 0 saturated carbocycles. The quantitative estimate of drug-likeness (QED) is 0.745. The zero-order valence-corrected chi connectivity index (χ0v) is 13.8. The van der Waals surface area contributed by atoms with E-state index in [0.29, 0.717) is 36.2 Å². The minimum absolute atomic E-state index is 0.318. The fraction of sp³-hybridized carbons (Fsp3) is 0.333. The Hall–Kier alpha value is -2.74. The van der Waals surface area contributed by atoms with Crippen LogP contribution in [0.1, 0.15) is 36.3 Å². The van der Waals surface area contributed by atoms with E-state index in [1.54, 1.807) is 6.21 Å². The molecule has 1 aromatic carbocycles. The first-order valence-corrected chi connectivity index (χ1v) is 7.54. The molecule has 0 bridgehead atoms. The van der Waals surface area contributed by atoms with Crippen LogP contribution in [-0.2, 0) is 0 Å². The standard InChI is InChI=1S/C18H20N2O3/c1-5-21-15-8-7-14(17(9-15)22-6-2)11-20-18-16(10-19)12(3)13(4)23-18/h7-9,11H,5-6H2,1-4H3. The van der Waals surface area contributed by atoms with Crippen molar-refractivity contribution in [3.63, 3.8) is 0 Å². The SMILES string of the molecule is CCOc1ccc(C=Nc2oc(C)c(C)c2C#N)c(OCC)c1. The van der Waals surface area contributed by atoms with Crippen LogP contribution in [0.5, 0.6) is 11.5 Å². The summed E-state index contributed by atoms with van der Waals surface area (Å²) in [5.41, 5.74) is 2.07. The fourth-order valence-corrected chi connectivity index (χ4v) is 2.12. The van der Waals surface area contributed by atoms with E-state index in [1.165, 1.54) is 0 Å². The molecule has 2 rings (SSSR count). The molecule has 0 atom stereocenters. The topological polar surface area (TPSA) is 67.8 Å². The van der Waals surface area contributed by atoms with Gasteiger partial charge in [-0.25, -0.2) is 4.99 Å². The van der Waals surface area contributed by atoms with Crippen molar-refractivity contribution >= 4 is 12.1 Å². The Balaban J connectivity index is 2.35. The Labute approximate surface area is 136 Å². The van der Waals surface area contributed by atoms with Gasteiger partial charge in [-0.05, 0) is 39.8 Å². The summed E-state index contributed by atoms with van der Waals surface area (Å²) >= 11 is 0. The Morgan fingerprint density at radius 3 is 2.61 bits per heavy atom. The lowest BCUT2D eigenvalue weighted by atomic mass is 10.2. The summed E-state index contributed by atoms with van der Waals surface area (Å²) < 4.78 is 16.6. The van der Waals surface area contributed by atoms with Crippen LogP contribution in [-0.4, -0.2) is 19.4 Å². The summed E-state index contributed by atoms with van der Waals surface area (Å²) in [6.45, 7) is 8.65. The van der Waals surface area contributed by atoms with E-state index in [2.05, 4.69) is 11.1 Å². The van der Waals surface area contributed by atoms with Gasteiger partial charge in [-0.2, -0.15) is 5.26 Å². The maximum absolute atomic E-state index is 9.22. The van der Waals surface area contributed by atoms with Crippen LogP contribution in [0.4, 0.5) is 5.88 Å². The summed E-state index contributed by atoms with van der Waals surface area (Å²) in [5.74, 6) is 2.44. The number of benzene rings is 1. The molecule has 0 fully saturated rings. The first kappa shape index (κ1) is 16.6. The number of aryl methyl sites for hydroxylation is 1. The van der Waals surface area contributed by atoms with E-state index in [4.69, 9.17) is 13.9 Å². The van der Waals surface area contributed by atoms with Crippen LogP contribution in [0.3, 0.4) is 0 Å². The van der Waals surface area contributed by atoms with Crippen molar-refractivity contribution in [1.29, 1.82) is 5.26 Å². The van der Waals surface area contributed by atoms with Crippen molar-refractivity contribution in [2.24, 2.45) is 4.99 Å². The van der Waals surface area contributed by atoms with Crippen molar-refractivity contribution < 1.29 is 13.9 Å². The maximum Gasteiger partial charge on any atom is 0.237 e. The molecular weight excluding hydrogens is 292 g/mol. The van der Waals surface area contributed by atoms with Crippen molar-refractivity contribution in [1.82, 2.24) is 0 Å². The van der Waals surface area contributed by atoms with E-state index in [-0.39, 0.29) is 0 Å². The molecule has 1 aromatic heterocycles. The van der Waals surface area contributed by atoms with Crippen molar-refractivity contribution in [2.45, 2.75) is 27.7 Å². The van der Waals surface area contributed by atoms with Gasteiger partial charge >= 0.3 is 0 Å². The van der Waals surface area contributed by atoms with Crippen LogP contribution in [0.25, 0.3) is 0 Å². The number of aliphatic imine (C=N–C) groups is 1. The third kappa shape index (κ3) is 3.72. The second-order valence-electron chi connectivity index (χ2n) is 4.90. The Morgan fingerprint density at radius 1 is 1.22 bits per heavy atom. The number of nitriles is 1. The van der Waals surface area contributed by atoms with Gasteiger partial charge < -0.3 is 13.9 Å². The predicted octanol–water partition coefficient (Wildman–Crippen LogP) is 4.32. The number of hydrogen-bond acceptors (Lipinski definition) is 5. The molecule has 0 saturated heterocycles. The third-order valence-corrected chi connectivity index (χ3v) is 3.40. The number of nitrogens with zero attached hydrogens (tertiary/aromatic N) is 2. The van der Waals surface area contributed by atoms with Crippen LogP contribution in [0, 0.1) is 25.2 Å². The molecule has 120 valence electrons. The number of furan rings is 1. The summed E-state index contributed by atoms with van der Waals surface area (Å²) in [5, 5.41) is 9.22. The van der Waals surface area contributed by atoms with Crippen molar-refractivity contribution in [3.05, 3.63) is 40.6 Å². The van der Waals surface area contributed by atoms with Gasteiger partial charge in [-0.1, -0.05) is 0 Å². The highest BCUT2D eigenvalue weighted by Crippen LogP contribution is 2.29. The van der Waals surface area contributed by atoms with Crippen LogP contribution in [0.15, 0.2) is 27.6 Å². The monoisotopic (exact) mass is 312 g/mol. The zero-order chi connectivity index (χ0) is 16.8. The second-order valence-corrected chi connectivity index (χ2v) is 4.90. The van der Waals surface area contributed by atoms with Gasteiger partial charge in [0.2, 0.25) is 5.88 Å². The highest BCUT2D eigenvalue weighted by atomic mass is 16.5. The molecule has 0 aliphatic rings. The molecule has 0 aliphatic heterocycles. The average molecular weight is 312 g/mol. The van der Waals surface area contributed by atoms with Crippen LogP contribution >= 0.6 is 0 Å². The smallest absolute Gasteiger partial charge is 0.237 e. The van der Waals surface area contributed by atoms with Gasteiger partial charge in [0.15, 0.2) is 0 Å². The predicted molar refractivity (Wildman–Crippen MR) is 88.9 cm³/mol. The van der Waals surface area contributed by atoms with Crippen LogP contribution < -0.4 is 9.47 Å². The summed E-state index contributed by atoms with van der Waals surface area (Å²) in [7, 11) is 0. The molecule has 2 aromatic rings. The minimum Gasteiger partial charge on any atom is -0.494 e. The molecule has 23 heavy (non-hydrogen) atoms. The van der Waals surface area contributed by atoms with E-state index in [1.807, 2.05) is 45.9 Å². The molecule has 0 amide bonds. The zero-order valence-electron chi connectivity index (χ0n) is 13.8. The Bertz CT molecular complexity index is 754. The molecule has 5 heteroatoms. The average Bonchev–Trinajstić information content (AvgIpc) is 2.81. The lowest BCUT2D eigenvalue weighted by Gasteiger charge is -2.09. The van der Waals surface area contributed by atoms with Gasteiger partial charge in [0.1, 0.15) is 28.9 Å². The van der Waals surface area contributed by atoms with E-state index >= 15 is 0 Å². The van der Waals surface area contributed by atoms with Gasteiger partial charge in [-0.15, -0.1) is 0 Å². The molecule has 1 heterocycles. The lowest BCUT2D eigenvalue weighted by Crippen LogP contribution is -1.98. The van der Waals surface area contributed by atoms with Gasteiger partial charge in [-0.3, -0.25) is 0 Å². The Morgan fingerprint density at radius 2 is 1.96 bits per heavy atom. The summed E-state index contributed by atoms with van der Waals surface area (Å²) in [4.78, 5) is 4.31. The molecule has 5 nitrogen and oxygen atoms in total. The number of ether oxygens (including phenoxy) is 2. The first-order valence-electron chi connectivity index (χ1n) is 7.54. The fourth-order valence-electron chi connectivity index (χ4n) is 2.12. The Kier molecular flexibility index (Phi) is 5.42. The minimum atomic E-state index is 0.318. The second kappa shape index (κ2) is 7.50. The van der Waals surface area contributed by atoms with E-state index < -0.39 is 0 Å². The van der Waals surface area contributed by atoms with Crippen molar-refractivity contribution in [2.75, 3.05) is 13.2 Å². The lowest BCUT2D eigenvalue weighted by molar-refractivity contribution is 0.323.